The molecule has 0 spiro atoms. The summed E-state index contributed by atoms with van der Waals surface area (Å²) in [4.78, 5) is 11.9. The van der Waals surface area contributed by atoms with Crippen LogP contribution in [0, 0.1) is 5.82 Å². The van der Waals surface area contributed by atoms with Gasteiger partial charge >= 0.3 is 0 Å². The largest absolute Gasteiger partial charge is 0.348 e. The van der Waals surface area contributed by atoms with Crippen LogP contribution in [-0.2, 0) is 0 Å². The van der Waals surface area contributed by atoms with Gasteiger partial charge in [0.05, 0.1) is 5.56 Å². The van der Waals surface area contributed by atoms with E-state index < -0.39 is 5.82 Å². The van der Waals surface area contributed by atoms with Gasteiger partial charge in [-0.15, -0.1) is 0 Å². The quantitative estimate of drug-likeness (QED) is 0.900. The first kappa shape index (κ1) is 14.5. The third-order valence-corrected chi connectivity index (χ3v) is 3.80. The number of hydrogen-bond donors (Lipinski definition) is 1. The molecule has 0 fully saturated rings. The molecule has 1 atom stereocenters. The van der Waals surface area contributed by atoms with Crippen molar-refractivity contribution in [3.05, 3.63) is 34.1 Å². The van der Waals surface area contributed by atoms with E-state index in [-0.39, 0.29) is 11.9 Å². The summed E-state index contributed by atoms with van der Waals surface area (Å²) in [6.45, 7) is 2.02. The van der Waals surface area contributed by atoms with Crippen molar-refractivity contribution in [2.45, 2.75) is 19.4 Å². The molecule has 1 unspecified atom stereocenters. The highest BCUT2D eigenvalue weighted by Gasteiger charge is 2.14. The second-order valence-corrected chi connectivity index (χ2v) is 5.42. The van der Waals surface area contributed by atoms with Gasteiger partial charge in [0.1, 0.15) is 5.82 Å². The molecule has 0 radical (unpaired) electrons. The molecule has 0 bridgehead atoms. The minimum Gasteiger partial charge on any atom is -0.348 e. The van der Waals surface area contributed by atoms with Crippen LogP contribution in [0.3, 0.4) is 0 Å². The molecule has 94 valence electrons. The van der Waals surface area contributed by atoms with Crippen molar-refractivity contribution >= 4 is 33.6 Å². The Hall–Kier alpha value is -0.550. The normalized spacial score (nSPS) is 12.2. The topological polar surface area (TPSA) is 29.1 Å². The number of thioether (sulfide) groups is 1. The van der Waals surface area contributed by atoms with Crippen LogP contribution in [0.1, 0.15) is 23.7 Å². The second kappa shape index (κ2) is 7.01. The predicted molar refractivity (Wildman–Crippen MR) is 74.0 cm³/mol. The van der Waals surface area contributed by atoms with E-state index in [0.29, 0.717) is 10.0 Å². The average Bonchev–Trinajstić information content (AvgIpc) is 2.31. The predicted octanol–water partition coefficient (Wildman–Crippen LogP) is 3.46. The lowest BCUT2D eigenvalue weighted by atomic mass is 10.2. The summed E-state index contributed by atoms with van der Waals surface area (Å²) in [5, 5.41) is 2.90. The average molecular weight is 320 g/mol. The van der Waals surface area contributed by atoms with Gasteiger partial charge in [-0.3, -0.25) is 4.79 Å². The zero-order valence-corrected chi connectivity index (χ0v) is 12.2. The maximum atomic E-state index is 13.1. The van der Waals surface area contributed by atoms with Crippen molar-refractivity contribution in [2.75, 3.05) is 12.0 Å². The van der Waals surface area contributed by atoms with Crippen LogP contribution in [0.4, 0.5) is 4.39 Å². The van der Waals surface area contributed by atoms with Crippen LogP contribution in [0.5, 0.6) is 0 Å². The third-order valence-electron chi connectivity index (χ3n) is 2.37. The summed E-state index contributed by atoms with van der Waals surface area (Å²) < 4.78 is 13.7. The summed E-state index contributed by atoms with van der Waals surface area (Å²) in [7, 11) is 0. The molecule has 5 heteroatoms. The summed E-state index contributed by atoms with van der Waals surface area (Å²) in [5.41, 5.74) is 0.338. The number of rotatable bonds is 5. The number of nitrogens with one attached hydrogen (secondary N) is 1. The van der Waals surface area contributed by atoms with Gasteiger partial charge in [0, 0.05) is 16.3 Å². The summed E-state index contributed by atoms with van der Waals surface area (Å²) >= 11 is 4.93. The van der Waals surface area contributed by atoms with E-state index in [2.05, 4.69) is 21.2 Å². The lowest BCUT2D eigenvalue weighted by Crippen LogP contribution is -2.36. The number of carbonyl (C=O) groups excluding carboxylic acids is 1. The summed E-state index contributed by atoms with van der Waals surface area (Å²) in [6, 6.07) is 4.22. The van der Waals surface area contributed by atoms with Gasteiger partial charge < -0.3 is 5.32 Å². The highest BCUT2D eigenvalue weighted by molar-refractivity contribution is 9.10. The van der Waals surface area contributed by atoms with Crippen LogP contribution >= 0.6 is 27.7 Å². The standard InChI is InChI=1S/C12H15BrFNOS/c1-3-9(7-17-2)15-12(16)10-6-8(14)4-5-11(10)13/h4-6,9H,3,7H2,1-2H3,(H,15,16). The molecular formula is C12H15BrFNOS. The first-order valence-electron chi connectivity index (χ1n) is 5.33. The van der Waals surface area contributed by atoms with E-state index in [9.17, 15) is 9.18 Å². The fraction of sp³-hybridized carbons (Fsp3) is 0.417. The monoisotopic (exact) mass is 319 g/mol. The molecule has 2 nitrogen and oxygen atoms in total. The minimum atomic E-state index is -0.406. The SMILES string of the molecule is CCC(CSC)NC(=O)c1cc(F)ccc1Br. The van der Waals surface area contributed by atoms with Gasteiger partial charge in [0.25, 0.3) is 5.91 Å². The number of halogens is 2. The first-order valence-corrected chi connectivity index (χ1v) is 7.52. The number of carbonyl (C=O) groups is 1. The van der Waals surface area contributed by atoms with Crippen molar-refractivity contribution in [3.8, 4) is 0 Å². The molecule has 17 heavy (non-hydrogen) atoms. The van der Waals surface area contributed by atoms with Crippen molar-refractivity contribution in [3.63, 3.8) is 0 Å². The van der Waals surface area contributed by atoms with Gasteiger partial charge in [-0.25, -0.2) is 4.39 Å². The van der Waals surface area contributed by atoms with Crippen LogP contribution in [0.15, 0.2) is 22.7 Å². The lowest BCUT2D eigenvalue weighted by molar-refractivity contribution is 0.0939. The van der Waals surface area contributed by atoms with Crippen molar-refractivity contribution < 1.29 is 9.18 Å². The fourth-order valence-corrected chi connectivity index (χ4v) is 2.55. The molecule has 0 aliphatic carbocycles. The number of hydrogen-bond acceptors (Lipinski definition) is 2. The number of benzene rings is 1. The molecular weight excluding hydrogens is 305 g/mol. The molecule has 0 saturated carbocycles. The van der Waals surface area contributed by atoms with Gasteiger partial charge in [0.2, 0.25) is 0 Å². The highest BCUT2D eigenvalue weighted by Crippen LogP contribution is 2.18. The molecule has 0 aliphatic heterocycles. The molecule has 0 saturated heterocycles. The Morgan fingerprint density at radius 1 is 1.59 bits per heavy atom. The van der Waals surface area contributed by atoms with Crippen LogP contribution in [-0.4, -0.2) is 24.0 Å². The molecule has 1 rings (SSSR count). The van der Waals surface area contributed by atoms with E-state index in [1.165, 1.54) is 12.1 Å². The van der Waals surface area contributed by atoms with Crippen LogP contribution < -0.4 is 5.32 Å². The van der Waals surface area contributed by atoms with Gasteiger partial charge in [-0.1, -0.05) is 6.92 Å². The molecule has 0 aliphatic rings. The van der Waals surface area contributed by atoms with Gasteiger partial charge in [0.15, 0.2) is 0 Å². The van der Waals surface area contributed by atoms with E-state index >= 15 is 0 Å². The minimum absolute atomic E-state index is 0.118. The molecule has 0 heterocycles. The third kappa shape index (κ3) is 4.32. The Kier molecular flexibility index (Phi) is 5.98. The zero-order valence-electron chi connectivity index (χ0n) is 9.80. The summed E-state index contributed by atoms with van der Waals surface area (Å²) in [6.07, 6.45) is 2.85. The smallest absolute Gasteiger partial charge is 0.252 e. The van der Waals surface area contributed by atoms with Crippen molar-refractivity contribution in [1.82, 2.24) is 5.32 Å². The zero-order chi connectivity index (χ0) is 12.8. The molecule has 1 amide bonds. The first-order chi connectivity index (χ1) is 8.08. The van der Waals surface area contributed by atoms with Gasteiger partial charge in [-0.2, -0.15) is 11.8 Å². The number of amides is 1. The Morgan fingerprint density at radius 3 is 2.88 bits per heavy atom. The summed E-state index contributed by atoms with van der Waals surface area (Å²) in [5.74, 6) is 0.211. The van der Waals surface area contributed by atoms with Crippen molar-refractivity contribution in [1.29, 1.82) is 0 Å². The maximum Gasteiger partial charge on any atom is 0.252 e. The van der Waals surface area contributed by atoms with E-state index in [1.54, 1.807) is 17.8 Å². The van der Waals surface area contributed by atoms with Crippen LogP contribution in [0.2, 0.25) is 0 Å². The Bertz CT molecular complexity index is 400. The Balaban J connectivity index is 2.78. The van der Waals surface area contributed by atoms with Crippen molar-refractivity contribution in [2.24, 2.45) is 0 Å². The van der Waals surface area contributed by atoms with E-state index in [4.69, 9.17) is 0 Å². The second-order valence-electron chi connectivity index (χ2n) is 3.66. The Morgan fingerprint density at radius 2 is 2.29 bits per heavy atom. The molecule has 1 N–H and O–H groups in total. The highest BCUT2D eigenvalue weighted by atomic mass is 79.9. The van der Waals surface area contributed by atoms with Gasteiger partial charge in [-0.05, 0) is 46.8 Å². The van der Waals surface area contributed by atoms with E-state index in [0.717, 1.165) is 12.2 Å². The fourth-order valence-electron chi connectivity index (χ4n) is 1.40. The maximum absolute atomic E-state index is 13.1. The molecule has 1 aromatic rings. The Labute approximate surface area is 113 Å². The van der Waals surface area contributed by atoms with Crippen LogP contribution in [0.25, 0.3) is 0 Å². The molecule has 1 aromatic carbocycles. The lowest BCUT2D eigenvalue weighted by Gasteiger charge is -2.16. The molecule has 0 aromatic heterocycles. The van der Waals surface area contributed by atoms with E-state index in [1.807, 2.05) is 13.2 Å².